The minimum atomic E-state index is -1.31. The predicted molar refractivity (Wildman–Crippen MR) is 129 cm³/mol. The molecule has 34 heavy (non-hydrogen) atoms. The second-order valence-corrected chi connectivity index (χ2v) is 8.94. The summed E-state index contributed by atoms with van der Waals surface area (Å²) in [6.45, 7) is 3.21. The molecule has 0 heterocycles. The van der Waals surface area contributed by atoms with E-state index < -0.39 is 23.5 Å². The summed E-state index contributed by atoms with van der Waals surface area (Å²) in [5.41, 5.74) is 3.36. The molecular formula is C26H23ClN2O5. The Balaban J connectivity index is 1.39. The van der Waals surface area contributed by atoms with Crippen molar-refractivity contribution in [3.8, 4) is 11.1 Å². The lowest BCUT2D eigenvalue weighted by molar-refractivity contribution is -0.121. The molecule has 8 heteroatoms. The number of hydrogen-bond acceptors (Lipinski definition) is 4. The van der Waals surface area contributed by atoms with E-state index in [-0.39, 0.29) is 23.1 Å². The van der Waals surface area contributed by atoms with Gasteiger partial charge in [0, 0.05) is 11.6 Å². The average molecular weight is 479 g/mol. The Hall–Kier alpha value is -3.84. The molecule has 0 radical (unpaired) electrons. The van der Waals surface area contributed by atoms with Gasteiger partial charge < -0.3 is 20.5 Å². The number of carbonyl (C=O) groups is 3. The van der Waals surface area contributed by atoms with Gasteiger partial charge in [-0.3, -0.25) is 4.79 Å². The molecule has 0 saturated carbocycles. The quantitative estimate of drug-likeness (QED) is 0.446. The van der Waals surface area contributed by atoms with Crippen molar-refractivity contribution in [2.75, 3.05) is 11.9 Å². The van der Waals surface area contributed by atoms with Gasteiger partial charge in [0.2, 0.25) is 5.91 Å². The van der Waals surface area contributed by atoms with Gasteiger partial charge >= 0.3 is 12.1 Å². The molecule has 174 valence electrons. The Morgan fingerprint density at radius 2 is 1.56 bits per heavy atom. The van der Waals surface area contributed by atoms with E-state index in [2.05, 4.69) is 22.8 Å². The van der Waals surface area contributed by atoms with E-state index in [1.165, 1.54) is 32.0 Å². The van der Waals surface area contributed by atoms with Crippen LogP contribution in [0.15, 0.2) is 66.7 Å². The lowest BCUT2D eigenvalue weighted by atomic mass is 9.98. The van der Waals surface area contributed by atoms with Crippen LogP contribution in [-0.4, -0.2) is 35.2 Å². The van der Waals surface area contributed by atoms with Gasteiger partial charge in [-0.2, -0.15) is 0 Å². The maximum Gasteiger partial charge on any atom is 0.408 e. The maximum absolute atomic E-state index is 12.7. The number of fused-ring (bicyclic) bond motifs is 3. The van der Waals surface area contributed by atoms with E-state index in [9.17, 15) is 14.4 Å². The highest BCUT2D eigenvalue weighted by atomic mass is 35.5. The minimum absolute atomic E-state index is 0.00685. The number of carbonyl (C=O) groups excluding carboxylic acids is 2. The summed E-state index contributed by atoms with van der Waals surface area (Å²) < 4.78 is 5.52. The monoisotopic (exact) mass is 478 g/mol. The molecule has 3 aromatic carbocycles. The molecule has 1 aliphatic carbocycles. The van der Waals surface area contributed by atoms with Gasteiger partial charge in [0.25, 0.3) is 0 Å². The zero-order valence-corrected chi connectivity index (χ0v) is 19.3. The van der Waals surface area contributed by atoms with Gasteiger partial charge in [-0.25, -0.2) is 9.59 Å². The van der Waals surface area contributed by atoms with E-state index >= 15 is 0 Å². The molecule has 0 unspecified atom stereocenters. The van der Waals surface area contributed by atoms with E-state index in [1.54, 1.807) is 0 Å². The standard InChI is InChI=1S/C26H23ClN2O5/c1-26(2,24(32)28-15-11-12-20(23(30)31)22(27)13-15)29-25(33)34-14-21-18-9-5-3-7-16(18)17-8-4-6-10-19(17)21/h3-13,21H,14H2,1-2H3,(H,28,32)(H,29,33)(H,30,31). The number of nitrogens with one attached hydrogen (secondary N) is 2. The van der Waals surface area contributed by atoms with Crippen LogP contribution in [0.2, 0.25) is 5.02 Å². The zero-order valence-electron chi connectivity index (χ0n) is 18.6. The highest BCUT2D eigenvalue weighted by molar-refractivity contribution is 6.33. The third kappa shape index (κ3) is 4.61. The Labute approximate surface area is 201 Å². The first-order valence-electron chi connectivity index (χ1n) is 10.6. The second-order valence-electron chi connectivity index (χ2n) is 8.53. The second kappa shape index (κ2) is 9.19. The van der Waals surface area contributed by atoms with Gasteiger partial charge in [-0.1, -0.05) is 60.1 Å². The van der Waals surface area contributed by atoms with Crippen molar-refractivity contribution in [3.63, 3.8) is 0 Å². The average Bonchev–Trinajstić information content (AvgIpc) is 3.11. The largest absolute Gasteiger partial charge is 0.478 e. The van der Waals surface area contributed by atoms with Gasteiger partial charge in [-0.15, -0.1) is 0 Å². The Morgan fingerprint density at radius 1 is 0.971 bits per heavy atom. The predicted octanol–water partition coefficient (Wildman–Crippen LogP) is 5.29. The number of carboxylic acid groups (broad SMARTS) is 1. The lowest BCUT2D eigenvalue weighted by Gasteiger charge is -2.25. The molecule has 0 aromatic heterocycles. The van der Waals surface area contributed by atoms with E-state index in [0.29, 0.717) is 5.69 Å². The van der Waals surface area contributed by atoms with Gasteiger partial charge in [0.15, 0.2) is 0 Å². The number of benzene rings is 3. The summed E-state index contributed by atoms with van der Waals surface area (Å²) in [5, 5.41) is 14.3. The van der Waals surface area contributed by atoms with Gasteiger partial charge in [0.05, 0.1) is 10.6 Å². The molecule has 1 aliphatic rings. The fourth-order valence-corrected chi connectivity index (χ4v) is 4.26. The number of carboxylic acids is 1. The highest BCUT2D eigenvalue weighted by Crippen LogP contribution is 2.44. The SMILES string of the molecule is CC(C)(NC(=O)OCC1c2ccccc2-c2ccccc21)C(=O)Nc1ccc(C(=O)O)c(Cl)c1. The number of anilines is 1. The Kier molecular flexibility index (Phi) is 6.30. The van der Waals surface area contributed by atoms with Gasteiger partial charge in [-0.05, 0) is 54.3 Å². The van der Waals surface area contributed by atoms with Crippen molar-refractivity contribution < 1.29 is 24.2 Å². The van der Waals surface area contributed by atoms with Crippen molar-refractivity contribution in [1.82, 2.24) is 5.32 Å². The van der Waals surface area contributed by atoms with Crippen LogP contribution in [0, 0.1) is 0 Å². The summed E-state index contributed by atoms with van der Waals surface area (Å²) in [6, 6.07) is 20.1. The van der Waals surface area contributed by atoms with Crippen molar-refractivity contribution in [1.29, 1.82) is 0 Å². The summed E-state index contributed by atoms with van der Waals surface area (Å²) in [5.74, 6) is -1.77. The summed E-state index contributed by atoms with van der Waals surface area (Å²) in [4.78, 5) is 36.4. The molecule has 3 N–H and O–H groups in total. The van der Waals surface area contributed by atoms with Crippen LogP contribution in [0.1, 0.15) is 41.3 Å². The van der Waals surface area contributed by atoms with Crippen LogP contribution >= 0.6 is 11.6 Å². The van der Waals surface area contributed by atoms with Crippen LogP contribution in [-0.2, 0) is 9.53 Å². The number of ether oxygens (including phenoxy) is 1. The first-order chi connectivity index (χ1) is 16.2. The molecule has 0 aliphatic heterocycles. The molecule has 3 aromatic rings. The first-order valence-corrected chi connectivity index (χ1v) is 11.0. The molecule has 7 nitrogen and oxygen atoms in total. The fraction of sp³-hybridized carbons (Fsp3) is 0.192. The minimum Gasteiger partial charge on any atom is -0.478 e. The van der Waals surface area contributed by atoms with Crippen molar-refractivity contribution >= 4 is 35.3 Å². The van der Waals surface area contributed by atoms with Crippen LogP contribution in [0.4, 0.5) is 10.5 Å². The Morgan fingerprint density at radius 3 is 2.12 bits per heavy atom. The molecule has 0 saturated heterocycles. The summed E-state index contributed by atoms with van der Waals surface area (Å²) in [7, 11) is 0. The number of hydrogen-bond donors (Lipinski definition) is 3. The van der Waals surface area contributed by atoms with Gasteiger partial charge in [0.1, 0.15) is 12.1 Å². The number of rotatable bonds is 6. The van der Waals surface area contributed by atoms with E-state index in [0.717, 1.165) is 22.3 Å². The fourth-order valence-electron chi connectivity index (χ4n) is 4.00. The normalized spacial score (nSPS) is 12.4. The third-order valence-electron chi connectivity index (χ3n) is 5.78. The van der Waals surface area contributed by atoms with Crippen molar-refractivity contribution in [2.45, 2.75) is 25.3 Å². The number of aromatic carboxylic acids is 1. The summed E-state index contributed by atoms with van der Waals surface area (Å²) >= 11 is 5.96. The molecular weight excluding hydrogens is 456 g/mol. The van der Waals surface area contributed by atoms with Crippen LogP contribution in [0.5, 0.6) is 0 Å². The van der Waals surface area contributed by atoms with Crippen LogP contribution < -0.4 is 10.6 Å². The number of alkyl carbamates (subject to hydrolysis) is 1. The van der Waals surface area contributed by atoms with Crippen LogP contribution in [0.25, 0.3) is 11.1 Å². The third-order valence-corrected chi connectivity index (χ3v) is 6.10. The Bertz CT molecular complexity index is 1240. The van der Waals surface area contributed by atoms with Crippen molar-refractivity contribution in [3.05, 3.63) is 88.4 Å². The van der Waals surface area contributed by atoms with E-state index in [4.69, 9.17) is 21.4 Å². The first kappa shape index (κ1) is 23.3. The smallest absolute Gasteiger partial charge is 0.408 e. The molecule has 4 rings (SSSR count). The van der Waals surface area contributed by atoms with Crippen LogP contribution in [0.3, 0.4) is 0 Å². The topological polar surface area (TPSA) is 105 Å². The maximum atomic E-state index is 12.7. The van der Waals surface area contributed by atoms with E-state index in [1.807, 2.05) is 36.4 Å². The molecule has 0 fully saturated rings. The molecule has 0 atom stereocenters. The lowest BCUT2D eigenvalue weighted by Crippen LogP contribution is -2.52. The molecule has 0 spiro atoms. The highest BCUT2D eigenvalue weighted by Gasteiger charge is 2.32. The number of halogens is 1. The summed E-state index contributed by atoms with van der Waals surface area (Å²) in [6.07, 6.45) is -0.721. The zero-order chi connectivity index (χ0) is 24.5. The molecule has 0 bridgehead atoms. The molecule has 2 amide bonds. The van der Waals surface area contributed by atoms with Crippen molar-refractivity contribution in [2.24, 2.45) is 0 Å². The number of amides is 2.